The molecule has 1 fully saturated rings. The van der Waals surface area contributed by atoms with Gasteiger partial charge in [0, 0.05) is 17.6 Å². The Labute approximate surface area is 253 Å². The predicted molar refractivity (Wildman–Crippen MR) is 165 cm³/mol. The first-order valence-electron chi connectivity index (χ1n) is 14.2. The van der Waals surface area contributed by atoms with Gasteiger partial charge in [-0.1, -0.05) is 73.3 Å². The Kier molecular flexibility index (Phi) is 10.5. The largest absolute Gasteiger partial charge is 0.495 e. The molecule has 10 heteroatoms. The van der Waals surface area contributed by atoms with Gasteiger partial charge in [-0.3, -0.25) is 13.9 Å². The average molecular weight is 612 g/mol. The Hall–Kier alpha value is -3.56. The van der Waals surface area contributed by atoms with Gasteiger partial charge in [0.2, 0.25) is 11.8 Å². The van der Waals surface area contributed by atoms with Crippen molar-refractivity contribution in [2.75, 3.05) is 18.0 Å². The number of hydrogen-bond donors (Lipinski definition) is 1. The molecule has 3 aromatic rings. The number of benzene rings is 3. The van der Waals surface area contributed by atoms with Crippen LogP contribution in [0.15, 0.2) is 77.7 Å². The zero-order valence-electron chi connectivity index (χ0n) is 24.3. The number of ether oxygens (including phenoxy) is 1. The number of methoxy groups -OCH3 is 1. The van der Waals surface area contributed by atoms with Crippen LogP contribution in [0.2, 0.25) is 5.02 Å². The summed E-state index contributed by atoms with van der Waals surface area (Å²) in [5.74, 6) is -0.536. The van der Waals surface area contributed by atoms with Crippen LogP contribution in [0.1, 0.15) is 50.2 Å². The maximum atomic E-state index is 14.2. The van der Waals surface area contributed by atoms with E-state index in [-0.39, 0.29) is 29.1 Å². The van der Waals surface area contributed by atoms with E-state index in [2.05, 4.69) is 5.32 Å². The Morgan fingerprint density at radius 2 is 1.67 bits per heavy atom. The summed E-state index contributed by atoms with van der Waals surface area (Å²) in [6, 6.07) is 19.4. The van der Waals surface area contributed by atoms with Crippen LogP contribution in [0.5, 0.6) is 5.75 Å². The van der Waals surface area contributed by atoms with Crippen molar-refractivity contribution in [1.29, 1.82) is 0 Å². The van der Waals surface area contributed by atoms with Gasteiger partial charge in [-0.15, -0.1) is 0 Å². The Morgan fingerprint density at radius 1 is 1.00 bits per heavy atom. The molecule has 0 saturated heterocycles. The van der Waals surface area contributed by atoms with E-state index in [4.69, 9.17) is 16.3 Å². The monoisotopic (exact) mass is 611 g/mol. The molecule has 0 radical (unpaired) electrons. The SMILES string of the molecule is COc1ccc(C)cc1N(CC(=O)N(Cc1ccccc1Cl)C(C)C(=O)NC1CCCCC1)S(=O)(=O)c1ccccc1. The van der Waals surface area contributed by atoms with E-state index < -0.39 is 28.5 Å². The maximum absolute atomic E-state index is 14.2. The summed E-state index contributed by atoms with van der Waals surface area (Å²) >= 11 is 6.46. The highest BCUT2D eigenvalue weighted by Crippen LogP contribution is 2.34. The van der Waals surface area contributed by atoms with Crippen molar-refractivity contribution in [3.8, 4) is 5.75 Å². The van der Waals surface area contributed by atoms with Crippen molar-refractivity contribution in [3.05, 3.63) is 88.9 Å². The number of carbonyl (C=O) groups is 2. The maximum Gasteiger partial charge on any atom is 0.264 e. The summed E-state index contributed by atoms with van der Waals surface area (Å²) in [6.07, 6.45) is 5.03. The van der Waals surface area contributed by atoms with E-state index in [1.807, 2.05) is 6.92 Å². The molecule has 0 bridgehead atoms. The minimum atomic E-state index is -4.20. The lowest BCUT2D eigenvalue weighted by molar-refractivity contribution is -0.139. The lowest BCUT2D eigenvalue weighted by atomic mass is 9.95. The molecule has 0 heterocycles. The number of amides is 2. The molecule has 0 aromatic heterocycles. The highest BCUT2D eigenvalue weighted by molar-refractivity contribution is 7.92. The van der Waals surface area contributed by atoms with Gasteiger partial charge in [0.15, 0.2) is 0 Å². The number of nitrogens with zero attached hydrogens (tertiary/aromatic N) is 2. The molecule has 1 unspecified atom stereocenters. The second kappa shape index (κ2) is 14.1. The van der Waals surface area contributed by atoms with Gasteiger partial charge in [-0.25, -0.2) is 8.42 Å². The number of hydrogen-bond acceptors (Lipinski definition) is 5. The summed E-state index contributed by atoms with van der Waals surface area (Å²) < 4.78 is 34.7. The van der Waals surface area contributed by atoms with E-state index in [0.717, 1.165) is 42.0 Å². The first kappa shape index (κ1) is 31.4. The highest BCUT2D eigenvalue weighted by Gasteiger charge is 2.34. The lowest BCUT2D eigenvalue weighted by Crippen LogP contribution is -2.53. The Morgan fingerprint density at radius 3 is 2.33 bits per heavy atom. The molecule has 42 heavy (non-hydrogen) atoms. The summed E-state index contributed by atoms with van der Waals surface area (Å²) in [7, 11) is -2.75. The molecule has 1 saturated carbocycles. The molecule has 0 aliphatic heterocycles. The molecular weight excluding hydrogens is 574 g/mol. The van der Waals surface area contributed by atoms with E-state index in [0.29, 0.717) is 16.3 Å². The summed E-state index contributed by atoms with van der Waals surface area (Å²) in [4.78, 5) is 29.1. The fourth-order valence-corrected chi connectivity index (χ4v) is 6.82. The molecule has 1 atom stereocenters. The fraction of sp³-hybridized carbons (Fsp3) is 0.375. The third-order valence-corrected chi connectivity index (χ3v) is 9.77. The number of aryl methyl sites for hydroxylation is 1. The normalized spacial score (nSPS) is 14.6. The average Bonchev–Trinajstić information content (AvgIpc) is 2.99. The molecule has 4 rings (SSSR count). The van der Waals surface area contributed by atoms with E-state index in [9.17, 15) is 18.0 Å². The highest BCUT2D eigenvalue weighted by atomic mass is 35.5. The quantitative estimate of drug-likeness (QED) is 0.299. The van der Waals surface area contributed by atoms with Crippen molar-refractivity contribution >= 4 is 39.1 Å². The van der Waals surface area contributed by atoms with Crippen LogP contribution < -0.4 is 14.4 Å². The minimum Gasteiger partial charge on any atom is -0.495 e. The first-order valence-corrected chi connectivity index (χ1v) is 16.0. The van der Waals surface area contributed by atoms with Crippen LogP contribution in [0.25, 0.3) is 0 Å². The van der Waals surface area contributed by atoms with Crippen molar-refractivity contribution < 1.29 is 22.7 Å². The van der Waals surface area contributed by atoms with Crippen molar-refractivity contribution in [1.82, 2.24) is 10.2 Å². The molecule has 2 amide bonds. The number of halogens is 1. The first-order chi connectivity index (χ1) is 20.1. The predicted octanol–water partition coefficient (Wildman–Crippen LogP) is 5.72. The van der Waals surface area contributed by atoms with Crippen LogP contribution in [-0.4, -0.2) is 50.9 Å². The van der Waals surface area contributed by atoms with Gasteiger partial charge in [0.05, 0.1) is 17.7 Å². The van der Waals surface area contributed by atoms with Crippen molar-refractivity contribution in [2.45, 2.75) is 69.5 Å². The molecule has 3 aromatic carbocycles. The van der Waals surface area contributed by atoms with Crippen molar-refractivity contribution in [2.24, 2.45) is 0 Å². The van der Waals surface area contributed by atoms with Crippen LogP contribution in [-0.2, 0) is 26.2 Å². The molecule has 0 spiro atoms. The van der Waals surface area contributed by atoms with Crippen molar-refractivity contribution in [3.63, 3.8) is 0 Å². The lowest BCUT2D eigenvalue weighted by Gasteiger charge is -2.33. The number of sulfonamides is 1. The standard InChI is InChI=1S/C32H38ClN3O5S/c1-23-18-19-30(41-3)29(20-23)36(42(39,40)27-15-8-5-9-16-27)22-31(37)35(21-25-12-10-11-17-28(25)33)24(2)32(38)34-26-13-6-4-7-14-26/h5,8-12,15-20,24,26H,4,6-7,13-14,21-22H2,1-3H3,(H,34,38). The number of rotatable bonds is 11. The van der Waals surface area contributed by atoms with Crippen LogP contribution in [0, 0.1) is 6.92 Å². The number of anilines is 1. The van der Waals surface area contributed by atoms with Crippen LogP contribution in [0.3, 0.4) is 0 Å². The zero-order chi connectivity index (χ0) is 30.3. The fourth-order valence-electron chi connectivity index (χ4n) is 5.19. The molecule has 224 valence electrons. The molecule has 1 aliphatic carbocycles. The van der Waals surface area contributed by atoms with Gasteiger partial charge in [-0.05, 0) is 68.1 Å². The number of nitrogens with one attached hydrogen (secondary N) is 1. The summed E-state index contributed by atoms with van der Waals surface area (Å²) in [6.45, 7) is 2.97. The smallest absolute Gasteiger partial charge is 0.264 e. The Balaban J connectivity index is 1.73. The zero-order valence-corrected chi connectivity index (χ0v) is 25.8. The third-order valence-electron chi connectivity index (χ3n) is 7.63. The topological polar surface area (TPSA) is 96.0 Å². The van der Waals surface area contributed by atoms with Gasteiger partial charge >= 0.3 is 0 Å². The minimum absolute atomic E-state index is 0.0297. The second-order valence-electron chi connectivity index (χ2n) is 10.6. The summed E-state index contributed by atoms with van der Waals surface area (Å²) in [5, 5.41) is 3.55. The summed E-state index contributed by atoms with van der Waals surface area (Å²) in [5.41, 5.74) is 1.67. The van der Waals surface area contributed by atoms with Crippen LogP contribution in [0.4, 0.5) is 5.69 Å². The van der Waals surface area contributed by atoms with Gasteiger partial charge in [-0.2, -0.15) is 0 Å². The molecule has 1 aliphatic rings. The third kappa shape index (κ3) is 7.44. The molecular formula is C32H38ClN3O5S. The van der Waals surface area contributed by atoms with E-state index >= 15 is 0 Å². The van der Waals surface area contributed by atoms with Crippen LogP contribution >= 0.6 is 11.6 Å². The Bertz CT molecular complexity index is 1490. The molecule has 8 nitrogen and oxygen atoms in total. The number of carbonyl (C=O) groups excluding carboxylic acids is 2. The van der Waals surface area contributed by atoms with Gasteiger partial charge < -0.3 is 15.0 Å². The molecule has 1 N–H and O–H groups in total. The van der Waals surface area contributed by atoms with Gasteiger partial charge in [0.1, 0.15) is 18.3 Å². The van der Waals surface area contributed by atoms with E-state index in [1.165, 1.54) is 24.1 Å². The van der Waals surface area contributed by atoms with Gasteiger partial charge in [0.25, 0.3) is 10.0 Å². The van der Waals surface area contributed by atoms with E-state index in [1.54, 1.807) is 67.6 Å². The second-order valence-corrected chi connectivity index (χ2v) is 12.9.